The van der Waals surface area contributed by atoms with Crippen LogP contribution in [0.3, 0.4) is 0 Å². The summed E-state index contributed by atoms with van der Waals surface area (Å²) in [5.41, 5.74) is 10.8. The molecule has 1 rings (SSSR count). The Morgan fingerprint density at radius 3 is 2.56 bits per heavy atom. The Kier molecular flexibility index (Phi) is 4.60. The van der Waals surface area contributed by atoms with Gasteiger partial charge in [-0.2, -0.15) is 4.31 Å². The fourth-order valence-electron chi connectivity index (χ4n) is 1.24. The number of rotatable bonds is 4. The maximum absolute atomic E-state index is 12.2. The topological polar surface area (TPSA) is 106 Å². The molecule has 18 heavy (non-hydrogen) atoms. The third-order valence-corrected chi connectivity index (χ3v) is 5.29. The first-order valence-corrected chi connectivity index (χ1v) is 7.26. The predicted molar refractivity (Wildman–Crippen MR) is 72.6 cm³/mol. The lowest BCUT2D eigenvalue weighted by Crippen LogP contribution is -2.35. The van der Waals surface area contributed by atoms with Crippen molar-refractivity contribution in [3.05, 3.63) is 21.6 Å². The van der Waals surface area contributed by atoms with Crippen molar-refractivity contribution in [3.8, 4) is 0 Å². The number of hydrogen-bond acceptors (Lipinski definition) is 4. The molecule has 1 aromatic carbocycles. The molecule has 0 aromatic heterocycles. The number of halogens is 2. The van der Waals surface area contributed by atoms with Gasteiger partial charge in [0.05, 0.1) is 15.9 Å². The minimum absolute atomic E-state index is 0.115. The van der Waals surface area contributed by atoms with E-state index < -0.39 is 22.5 Å². The molecule has 100 valence electrons. The van der Waals surface area contributed by atoms with Crippen LogP contribution in [0.1, 0.15) is 0 Å². The molecule has 0 aliphatic heterocycles. The molecule has 0 atom stereocenters. The molecule has 0 spiro atoms. The fourth-order valence-corrected chi connectivity index (χ4v) is 3.63. The molecule has 1 aromatic rings. The molecule has 0 bridgehead atoms. The van der Waals surface area contributed by atoms with Gasteiger partial charge < -0.3 is 11.5 Å². The second-order valence-corrected chi connectivity index (χ2v) is 6.78. The van der Waals surface area contributed by atoms with Crippen LogP contribution in [0.25, 0.3) is 0 Å². The Labute approximate surface area is 118 Å². The summed E-state index contributed by atoms with van der Waals surface area (Å²) in [7, 11) is -2.65. The first kappa shape index (κ1) is 15.2. The van der Waals surface area contributed by atoms with Crippen molar-refractivity contribution in [2.45, 2.75) is 4.90 Å². The number of nitrogen functional groups attached to an aromatic ring is 1. The molecule has 0 aliphatic rings. The summed E-state index contributed by atoms with van der Waals surface area (Å²) in [6.07, 6.45) is 0. The van der Waals surface area contributed by atoms with E-state index >= 15 is 0 Å². The average molecular weight is 357 g/mol. The molecule has 0 saturated heterocycles. The zero-order chi connectivity index (χ0) is 14.1. The SMILES string of the molecule is CN(CC(N)=O)S(=O)(=O)c1cc(Cl)cc(N)c1Br. The van der Waals surface area contributed by atoms with Crippen molar-refractivity contribution in [2.75, 3.05) is 19.3 Å². The zero-order valence-electron chi connectivity index (χ0n) is 9.35. The number of carbonyl (C=O) groups excluding carboxylic acids is 1. The standard InChI is InChI=1S/C9H11BrClN3O3S/c1-14(4-8(13)15)18(16,17)7-3-5(11)2-6(12)9(7)10/h2-3H,4,12H2,1H3,(H2,13,15). The molecule has 0 aliphatic carbocycles. The highest BCUT2D eigenvalue weighted by Gasteiger charge is 2.26. The largest absolute Gasteiger partial charge is 0.398 e. The van der Waals surface area contributed by atoms with Crippen molar-refractivity contribution in [3.63, 3.8) is 0 Å². The van der Waals surface area contributed by atoms with E-state index in [4.69, 9.17) is 23.1 Å². The van der Waals surface area contributed by atoms with Gasteiger partial charge in [0.1, 0.15) is 0 Å². The normalized spacial score (nSPS) is 11.8. The van der Waals surface area contributed by atoms with Gasteiger partial charge in [-0.1, -0.05) is 11.6 Å². The number of amides is 1. The van der Waals surface area contributed by atoms with Crippen molar-refractivity contribution in [1.82, 2.24) is 4.31 Å². The fraction of sp³-hybridized carbons (Fsp3) is 0.222. The van der Waals surface area contributed by atoms with E-state index in [1.165, 1.54) is 19.2 Å². The number of primary amides is 1. The second kappa shape index (κ2) is 5.43. The van der Waals surface area contributed by atoms with Gasteiger partial charge in [-0.05, 0) is 28.1 Å². The molecule has 1 amide bonds. The molecule has 0 heterocycles. The number of nitrogens with zero attached hydrogens (tertiary/aromatic N) is 1. The highest BCUT2D eigenvalue weighted by Crippen LogP contribution is 2.32. The van der Waals surface area contributed by atoms with Gasteiger partial charge >= 0.3 is 0 Å². The summed E-state index contributed by atoms with van der Waals surface area (Å²) in [6.45, 7) is -0.429. The van der Waals surface area contributed by atoms with E-state index in [-0.39, 0.29) is 20.1 Å². The molecule has 0 saturated carbocycles. The Morgan fingerprint density at radius 2 is 2.06 bits per heavy atom. The van der Waals surface area contributed by atoms with Gasteiger partial charge in [0.2, 0.25) is 15.9 Å². The van der Waals surface area contributed by atoms with Crippen molar-refractivity contribution >= 4 is 49.1 Å². The van der Waals surface area contributed by atoms with E-state index in [2.05, 4.69) is 15.9 Å². The minimum Gasteiger partial charge on any atom is -0.398 e. The first-order chi connectivity index (χ1) is 8.16. The number of sulfonamides is 1. The lowest BCUT2D eigenvalue weighted by molar-refractivity contribution is -0.118. The van der Waals surface area contributed by atoms with Gasteiger partial charge in [-0.3, -0.25) is 4.79 Å². The lowest BCUT2D eigenvalue weighted by Gasteiger charge is -2.17. The van der Waals surface area contributed by atoms with E-state index in [1.807, 2.05) is 0 Å². The summed E-state index contributed by atoms with van der Waals surface area (Å²) < 4.78 is 25.4. The molecule has 0 unspecified atom stereocenters. The number of likely N-dealkylation sites (N-methyl/N-ethyl adjacent to an activating group) is 1. The van der Waals surface area contributed by atoms with Crippen LogP contribution in [-0.2, 0) is 14.8 Å². The van der Waals surface area contributed by atoms with Gasteiger partial charge in [-0.15, -0.1) is 0 Å². The smallest absolute Gasteiger partial charge is 0.244 e. The molecule has 9 heteroatoms. The highest BCUT2D eigenvalue weighted by molar-refractivity contribution is 9.10. The maximum atomic E-state index is 12.2. The quantitative estimate of drug-likeness (QED) is 0.778. The summed E-state index contributed by atoms with van der Waals surface area (Å²) in [6, 6.07) is 2.66. The predicted octanol–water partition coefficient (Wildman–Crippen LogP) is 0.791. The summed E-state index contributed by atoms with van der Waals surface area (Å²) in [5.74, 6) is -0.757. The van der Waals surface area contributed by atoms with Gasteiger partial charge in [-0.25, -0.2) is 8.42 Å². The van der Waals surface area contributed by atoms with Crippen LogP contribution in [0, 0.1) is 0 Å². The molecule has 0 radical (unpaired) electrons. The number of anilines is 1. The third kappa shape index (κ3) is 3.14. The third-order valence-electron chi connectivity index (χ3n) is 2.10. The summed E-state index contributed by atoms with van der Waals surface area (Å²) in [4.78, 5) is 10.6. The van der Waals surface area contributed by atoms with E-state index in [1.54, 1.807) is 0 Å². The Balaban J connectivity index is 3.33. The van der Waals surface area contributed by atoms with E-state index in [9.17, 15) is 13.2 Å². The Bertz CT molecular complexity index is 591. The zero-order valence-corrected chi connectivity index (χ0v) is 12.5. The van der Waals surface area contributed by atoms with Gasteiger partial charge in [0, 0.05) is 17.8 Å². The number of carbonyl (C=O) groups is 1. The van der Waals surface area contributed by atoms with Crippen LogP contribution in [-0.4, -0.2) is 32.2 Å². The second-order valence-electron chi connectivity index (χ2n) is 3.53. The van der Waals surface area contributed by atoms with Crippen molar-refractivity contribution in [2.24, 2.45) is 5.73 Å². The number of nitrogens with two attached hydrogens (primary N) is 2. The molecule has 0 fully saturated rings. The summed E-state index contributed by atoms with van der Waals surface area (Å²) in [5, 5.41) is 0.182. The van der Waals surface area contributed by atoms with Crippen LogP contribution in [0.4, 0.5) is 5.69 Å². The Hall–Kier alpha value is -0.830. The maximum Gasteiger partial charge on any atom is 0.244 e. The average Bonchev–Trinajstić information content (AvgIpc) is 2.22. The van der Waals surface area contributed by atoms with Crippen LogP contribution in [0.5, 0.6) is 0 Å². The van der Waals surface area contributed by atoms with Crippen molar-refractivity contribution < 1.29 is 13.2 Å². The van der Waals surface area contributed by atoms with Crippen LogP contribution in [0.2, 0.25) is 5.02 Å². The molecule has 6 nitrogen and oxygen atoms in total. The van der Waals surface area contributed by atoms with Gasteiger partial charge in [0.25, 0.3) is 0 Å². The Morgan fingerprint density at radius 1 is 1.50 bits per heavy atom. The van der Waals surface area contributed by atoms with Crippen molar-refractivity contribution in [1.29, 1.82) is 0 Å². The van der Waals surface area contributed by atoms with E-state index in [0.717, 1.165) is 4.31 Å². The molecular formula is C9H11BrClN3O3S. The number of hydrogen-bond donors (Lipinski definition) is 2. The molecule has 4 N–H and O–H groups in total. The lowest BCUT2D eigenvalue weighted by atomic mass is 10.3. The summed E-state index contributed by atoms with van der Waals surface area (Å²) >= 11 is 8.84. The monoisotopic (exact) mass is 355 g/mol. The van der Waals surface area contributed by atoms with Gasteiger partial charge in [0.15, 0.2) is 0 Å². The van der Waals surface area contributed by atoms with E-state index in [0.29, 0.717) is 0 Å². The highest BCUT2D eigenvalue weighted by atomic mass is 79.9. The minimum atomic E-state index is -3.89. The van der Waals surface area contributed by atoms with Crippen LogP contribution < -0.4 is 11.5 Å². The molecular weight excluding hydrogens is 346 g/mol. The van der Waals surface area contributed by atoms with Crippen LogP contribution >= 0.6 is 27.5 Å². The first-order valence-electron chi connectivity index (χ1n) is 4.65. The number of benzene rings is 1. The van der Waals surface area contributed by atoms with Crippen LogP contribution in [0.15, 0.2) is 21.5 Å².